The zero-order valence-electron chi connectivity index (χ0n) is 11.8. The molecule has 2 saturated heterocycles. The van der Waals surface area contributed by atoms with Crippen molar-refractivity contribution >= 4 is 17.7 Å². The highest BCUT2D eigenvalue weighted by molar-refractivity contribution is 7.99. The van der Waals surface area contributed by atoms with Gasteiger partial charge in [-0.25, -0.2) is 0 Å². The first-order valence-corrected chi connectivity index (χ1v) is 8.77. The Kier molecular flexibility index (Phi) is 7.03. The zero-order valence-corrected chi connectivity index (χ0v) is 12.6. The second-order valence-electron chi connectivity index (χ2n) is 5.56. The van der Waals surface area contributed by atoms with Crippen LogP contribution >= 0.6 is 11.8 Å². The van der Waals surface area contributed by atoms with Crippen LogP contribution in [0.1, 0.15) is 25.7 Å². The third-order valence-corrected chi connectivity index (χ3v) is 4.97. The van der Waals surface area contributed by atoms with Crippen LogP contribution in [0.25, 0.3) is 0 Å². The first kappa shape index (κ1) is 15.1. The Balaban J connectivity index is 1.49. The fourth-order valence-corrected chi connectivity index (χ4v) is 3.75. The molecule has 0 aliphatic carbocycles. The van der Waals surface area contributed by atoms with Gasteiger partial charge in [0.25, 0.3) is 0 Å². The van der Waals surface area contributed by atoms with E-state index < -0.39 is 0 Å². The standard InChI is InChI=1S/C14H27N3OS/c18-14(4-3-13-2-1-5-15-12-13)16-6-7-17-8-10-19-11-9-17/h13,15H,1-12H2,(H,16,18). The first-order chi connectivity index (χ1) is 9.34. The molecule has 4 nitrogen and oxygen atoms in total. The van der Waals surface area contributed by atoms with Gasteiger partial charge in [0.1, 0.15) is 0 Å². The summed E-state index contributed by atoms with van der Waals surface area (Å²) in [6.07, 6.45) is 4.28. The summed E-state index contributed by atoms with van der Waals surface area (Å²) in [5.41, 5.74) is 0. The smallest absolute Gasteiger partial charge is 0.220 e. The third-order valence-electron chi connectivity index (χ3n) is 4.03. The zero-order chi connectivity index (χ0) is 13.3. The molecule has 110 valence electrons. The van der Waals surface area contributed by atoms with E-state index in [0.717, 1.165) is 32.6 Å². The molecule has 0 aromatic rings. The lowest BCUT2D eigenvalue weighted by Crippen LogP contribution is -2.39. The summed E-state index contributed by atoms with van der Waals surface area (Å²) in [5, 5.41) is 6.47. The van der Waals surface area contributed by atoms with Crippen LogP contribution in [0, 0.1) is 5.92 Å². The monoisotopic (exact) mass is 285 g/mol. The van der Waals surface area contributed by atoms with Gasteiger partial charge in [0.2, 0.25) is 5.91 Å². The van der Waals surface area contributed by atoms with Gasteiger partial charge in [-0.1, -0.05) is 0 Å². The average molecular weight is 285 g/mol. The largest absolute Gasteiger partial charge is 0.355 e. The quantitative estimate of drug-likeness (QED) is 0.762. The van der Waals surface area contributed by atoms with Crippen LogP contribution in [0.4, 0.5) is 0 Å². The van der Waals surface area contributed by atoms with E-state index in [2.05, 4.69) is 15.5 Å². The van der Waals surface area contributed by atoms with Crippen molar-refractivity contribution in [2.75, 3.05) is 50.8 Å². The molecule has 1 amide bonds. The van der Waals surface area contributed by atoms with Crippen LogP contribution in [-0.2, 0) is 4.79 Å². The predicted molar refractivity (Wildman–Crippen MR) is 81.6 cm³/mol. The van der Waals surface area contributed by atoms with Gasteiger partial charge in [-0.2, -0.15) is 11.8 Å². The Morgan fingerprint density at radius 2 is 2.21 bits per heavy atom. The minimum absolute atomic E-state index is 0.233. The molecule has 0 radical (unpaired) electrons. The lowest BCUT2D eigenvalue weighted by Gasteiger charge is -2.26. The van der Waals surface area contributed by atoms with E-state index >= 15 is 0 Å². The number of rotatable bonds is 6. The lowest BCUT2D eigenvalue weighted by molar-refractivity contribution is -0.121. The number of nitrogens with zero attached hydrogens (tertiary/aromatic N) is 1. The number of hydrogen-bond donors (Lipinski definition) is 2. The highest BCUT2D eigenvalue weighted by atomic mass is 32.2. The Morgan fingerprint density at radius 3 is 2.95 bits per heavy atom. The average Bonchev–Trinajstić information content (AvgIpc) is 2.47. The van der Waals surface area contributed by atoms with Crippen molar-refractivity contribution in [1.29, 1.82) is 0 Å². The first-order valence-electron chi connectivity index (χ1n) is 7.62. The van der Waals surface area contributed by atoms with Gasteiger partial charge in [0, 0.05) is 44.1 Å². The molecule has 2 heterocycles. The minimum atomic E-state index is 0.233. The highest BCUT2D eigenvalue weighted by Crippen LogP contribution is 2.15. The van der Waals surface area contributed by atoms with Crippen LogP contribution < -0.4 is 10.6 Å². The van der Waals surface area contributed by atoms with E-state index in [1.165, 1.54) is 37.4 Å². The molecule has 2 aliphatic rings. The summed E-state index contributed by atoms with van der Waals surface area (Å²) < 4.78 is 0. The number of amides is 1. The van der Waals surface area contributed by atoms with Gasteiger partial charge < -0.3 is 10.6 Å². The minimum Gasteiger partial charge on any atom is -0.355 e. The van der Waals surface area contributed by atoms with Crippen molar-refractivity contribution in [2.24, 2.45) is 5.92 Å². The summed E-state index contributed by atoms with van der Waals surface area (Å²) in [5.74, 6) is 3.42. The molecule has 1 unspecified atom stereocenters. The van der Waals surface area contributed by atoms with Crippen molar-refractivity contribution in [3.05, 3.63) is 0 Å². The number of carbonyl (C=O) groups is 1. The fourth-order valence-electron chi connectivity index (χ4n) is 2.77. The van der Waals surface area contributed by atoms with Gasteiger partial charge in [-0.05, 0) is 38.3 Å². The van der Waals surface area contributed by atoms with Crippen LogP contribution in [0.5, 0.6) is 0 Å². The maximum Gasteiger partial charge on any atom is 0.220 e. The molecule has 2 rings (SSSR count). The van der Waals surface area contributed by atoms with E-state index in [9.17, 15) is 4.79 Å². The van der Waals surface area contributed by atoms with Gasteiger partial charge in [-0.3, -0.25) is 9.69 Å². The van der Waals surface area contributed by atoms with Crippen LogP contribution in [0.15, 0.2) is 0 Å². The SMILES string of the molecule is O=C(CCC1CCCNC1)NCCN1CCSCC1. The highest BCUT2D eigenvalue weighted by Gasteiger charge is 2.14. The normalized spacial score (nSPS) is 25.2. The topological polar surface area (TPSA) is 44.4 Å². The Hall–Kier alpha value is -0.260. The van der Waals surface area contributed by atoms with Crippen LogP contribution in [-0.4, -0.2) is 61.6 Å². The maximum absolute atomic E-state index is 11.8. The van der Waals surface area contributed by atoms with Gasteiger partial charge in [0.05, 0.1) is 0 Å². The van der Waals surface area contributed by atoms with Crippen molar-refractivity contribution in [2.45, 2.75) is 25.7 Å². The molecule has 0 spiro atoms. The van der Waals surface area contributed by atoms with Crippen molar-refractivity contribution in [1.82, 2.24) is 15.5 Å². The van der Waals surface area contributed by atoms with Crippen molar-refractivity contribution in [3.63, 3.8) is 0 Å². The Labute approximate surface area is 121 Å². The predicted octanol–water partition coefficient (Wildman–Crippen LogP) is 0.931. The molecule has 0 bridgehead atoms. The number of carbonyl (C=O) groups excluding carboxylic acids is 1. The van der Waals surface area contributed by atoms with Crippen LogP contribution in [0.3, 0.4) is 0 Å². The van der Waals surface area contributed by atoms with E-state index in [0.29, 0.717) is 12.3 Å². The molecular weight excluding hydrogens is 258 g/mol. The molecule has 0 aromatic carbocycles. The lowest BCUT2D eigenvalue weighted by atomic mass is 9.94. The Bertz CT molecular complexity index is 263. The molecule has 5 heteroatoms. The molecule has 2 fully saturated rings. The Morgan fingerprint density at radius 1 is 1.37 bits per heavy atom. The third kappa shape index (κ3) is 6.15. The molecule has 2 aliphatic heterocycles. The maximum atomic E-state index is 11.8. The van der Waals surface area contributed by atoms with Crippen molar-refractivity contribution in [3.8, 4) is 0 Å². The van der Waals surface area contributed by atoms with E-state index in [-0.39, 0.29) is 5.91 Å². The number of piperidine rings is 1. The van der Waals surface area contributed by atoms with Gasteiger partial charge in [-0.15, -0.1) is 0 Å². The number of thioether (sulfide) groups is 1. The summed E-state index contributed by atoms with van der Waals surface area (Å²) in [4.78, 5) is 14.2. The summed E-state index contributed by atoms with van der Waals surface area (Å²) in [7, 11) is 0. The molecule has 19 heavy (non-hydrogen) atoms. The van der Waals surface area contributed by atoms with E-state index in [4.69, 9.17) is 0 Å². The summed E-state index contributed by atoms with van der Waals surface area (Å²) in [6, 6.07) is 0. The molecular formula is C14H27N3OS. The van der Waals surface area contributed by atoms with E-state index in [1.54, 1.807) is 0 Å². The van der Waals surface area contributed by atoms with E-state index in [1.807, 2.05) is 11.8 Å². The number of nitrogens with one attached hydrogen (secondary N) is 2. The molecule has 1 atom stereocenters. The van der Waals surface area contributed by atoms with Gasteiger partial charge >= 0.3 is 0 Å². The van der Waals surface area contributed by atoms with Gasteiger partial charge in [0.15, 0.2) is 0 Å². The van der Waals surface area contributed by atoms with Crippen molar-refractivity contribution < 1.29 is 4.79 Å². The molecule has 0 aromatic heterocycles. The molecule has 0 saturated carbocycles. The summed E-state index contributed by atoms with van der Waals surface area (Å²) >= 11 is 2.03. The molecule has 2 N–H and O–H groups in total. The summed E-state index contributed by atoms with van der Waals surface area (Å²) in [6.45, 7) is 6.42. The fraction of sp³-hybridized carbons (Fsp3) is 0.929. The van der Waals surface area contributed by atoms with Crippen LogP contribution in [0.2, 0.25) is 0 Å². The second-order valence-corrected chi connectivity index (χ2v) is 6.78. The number of hydrogen-bond acceptors (Lipinski definition) is 4. The second kappa shape index (κ2) is 8.82.